The Balaban J connectivity index is 1.92. The third kappa shape index (κ3) is 3.89. The van der Waals surface area contributed by atoms with Crippen LogP contribution >= 0.6 is 11.6 Å². The Morgan fingerprint density at radius 1 is 1.14 bits per heavy atom. The molecule has 0 radical (unpaired) electrons. The number of nitrogens with two attached hydrogens (primary N) is 2. The first-order valence-corrected chi connectivity index (χ1v) is 8.39. The molecule has 0 fully saturated rings. The number of ether oxygens (including phenoxy) is 2. The molecule has 28 heavy (non-hydrogen) atoms. The number of nitrogens with zero attached hydrogens (tertiary/aromatic N) is 3. The molecule has 4 N–H and O–H groups in total. The highest BCUT2D eigenvalue weighted by molar-refractivity contribution is 6.31. The summed E-state index contributed by atoms with van der Waals surface area (Å²) < 4.78 is 24.3. The first-order valence-electron chi connectivity index (χ1n) is 8.01. The Bertz CT molecular complexity index is 1080. The van der Waals surface area contributed by atoms with E-state index >= 15 is 0 Å². The molecular weight excluding hydrogens is 385 g/mol. The Morgan fingerprint density at radius 2 is 1.93 bits per heavy atom. The van der Waals surface area contributed by atoms with Crippen LogP contribution in [0.2, 0.25) is 5.02 Å². The topological polar surface area (TPSA) is 120 Å². The summed E-state index contributed by atoms with van der Waals surface area (Å²) in [7, 11) is 1.48. The molecular formula is C19H15ClFN5O2. The molecule has 0 spiro atoms. The van der Waals surface area contributed by atoms with Crippen LogP contribution in [0.3, 0.4) is 0 Å². The normalized spacial score (nSPS) is 10.4. The lowest BCUT2D eigenvalue weighted by molar-refractivity contribution is 0.284. The van der Waals surface area contributed by atoms with Gasteiger partial charge >= 0.3 is 0 Å². The van der Waals surface area contributed by atoms with E-state index in [4.69, 9.17) is 32.5 Å². The van der Waals surface area contributed by atoms with E-state index in [0.29, 0.717) is 28.3 Å². The number of benzene rings is 2. The Hall–Kier alpha value is -3.57. The maximum Gasteiger partial charge on any atom is 0.222 e. The molecule has 2 aromatic carbocycles. The van der Waals surface area contributed by atoms with Gasteiger partial charge in [0.15, 0.2) is 11.5 Å². The molecule has 9 heteroatoms. The number of aromatic nitrogens is 2. The van der Waals surface area contributed by atoms with Gasteiger partial charge in [0.2, 0.25) is 5.95 Å². The highest BCUT2D eigenvalue weighted by Crippen LogP contribution is 2.35. The van der Waals surface area contributed by atoms with Crippen LogP contribution in [-0.2, 0) is 6.61 Å². The van der Waals surface area contributed by atoms with Gasteiger partial charge in [-0.15, -0.1) is 0 Å². The molecule has 3 aromatic rings. The number of nitrogen functional groups attached to an aromatic ring is 2. The zero-order chi connectivity index (χ0) is 20.3. The van der Waals surface area contributed by atoms with Gasteiger partial charge in [-0.3, -0.25) is 0 Å². The van der Waals surface area contributed by atoms with Crippen LogP contribution in [0.1, 0.15) is 11.1 Å². The molecule has 0 aliphatic carbocycles. The standard InChI is InChI=1S/C19H15ClFN5O2/c1-27-16-6-10(17-13(8-22)18(23)26-19(24)25-17)3-5-15(16)28-9-11-2-4-12(21)7-14(11)20/h2-7H,9H2,1H3,(H4,23,24,25,26). The number of rotatable bonds is 5. The maximum atomic E-state index is 13.2. The summed E-state index contributed by atoms with van der Waals surface area (Å²) in [5, 5.41) is 9.61. The number of hydrogen-bond acceptors (Lipinski definition) is 7. The van der Waals surface area contributed by atoms with E-state index in [9.17, 15) is 9.65 Å². The van der Waals surface area contributed by atoms with Crippen LogP contribution in [0.5, 0.6) is 11.5 Å². The van der Waals surface area contributed by atoms with E-state index in [1.807, 2.05) is 6.07 Å². The highest BCUT2D eigenvalue weighted by atomic mass is 35.5. The van der Waals surface area contributed by atoms with Crippen molar-refractivity contribution in [1.82, 2.24) is 9.97 Å². The molecule has 0 saturated carbocycles. The molecule has 1 heterocycles. The lowest BCUT2D eigenvalue weighted by Crippen LogP contribution is -2.05. The van der Waals surface area contributed by atoms with Gasteiger partial charge in [-0.2, -0.15) is 10.2 Å². The Morgan fingerprint density at radius 3 is 2.61 bits per heavy atom. The number of nitriles is 1. The first-order chi connectivity index (χ1) is 13.4. The predicted octanol–water partition coefficient (Wildman–Crippen LogP) is 3.56. The minimum Gasteiger partial charge on any atom is -0.493 e. The van der Waals surface area contributed by atoms with Crippen molar-refractivity contribution in [3.8, 4) is 28.8 Å². The van der Waals surface area contributed by atoms with Crippen molar-refractivity contribution in [2.24, 2.45) is 0 Å². The maximum absolute atomic E-state index is 13.2. The van der Waals surface area contributed by atoms with Gasteiger partial charge in [0.1, 0.15) is 29.9 Å². The molecule has 0 bridgehead atoms. The van der Waals surface area contributed by atoms with Crippen LogP contribution in [0, 0.1) is 17.1 Å². The summed E-state index contributed by atoms with van der Waals surface area (Å²) >= 11 is 6.02. The van der Waals surface area contributed by atoms with Crippen molar-refractivity contribution in [2.75, 3.05) is 18.6 Å². The van der Waals surface area contributed by atoms with Crippen molar-refractivity contribution in [3.63, 3.8) is 0 Å². The van der Waals surface area contributed by atoms with Crippen LogP contribution in [0.4, 0.5) is 16.2 Å². The highest BCUT2D eigenvalue weighted by Gasteiger charge is 2.16. The van der Waals surface area contributed by atoms with E-state index in [1.54, 1.807) is 24.3 Å². The van der Waals surface area contributed by atoms with Gasteiger partial charge in [-0.25, -0.2) is 9.37 Å². The van der Waals surface area contributed by atoms with Crippen molar-refractivity contribution in [2.45, 2.75) is 6.61 Å². The van der Waals surface area contributed by atoms with Crippen LogP contribution in [-0.4, -0.2) is 17.1 Å². The third-order valence-corrected chi connectivity index (χ3v) is 4.25. The quantitative estimate of drug-likeness (QED) is 0.672. The average molecular weight is 400 g/mol. The number of methoxy groups -OCH3 is 1. The zero-order valence-corrected chi connectivity index (χ0v) is 15.5. The summed E-state index contributed by atoms with van der Waals surface area (Å²) in [6, 6.07) is 11.0. The smallest absolute Gasteiger partial charge is 0.222 e. The number of halogens is 2. The largest absolute Gasteiger partial charge is 0.493 e. The SMILES string of the molecule is COc1cc(-c2nc(N)nc(N)c2C#N)ccc1OCc1ccc(F)cc1Cl. The van der Waals surface area contributed by atoms with E-state index < -0.39 is 5.82 Å². The third-order valence-electron chi connectivity index (χ3n) is 3.90. The Kier molecular flexibility index (Phi) is 5.47. The van der Waals surface area contributed by atoms with Crippen molar-refractivity contribution >= 4 is 23.4 Å². The second-order valence-electron chi connectivity index (χ2n) is 5.69. The lowest BCUT2D eigenvalue weighted by atomic mass is 10.1. The molecule has 0 unspecified atom stereocenters. The summed E-state index contributed by atoms with van der Waals surface area (Å²) in [6.45, 7) is 0.117. The van der Waals surface area contributed by atoms with Crippen molar-refractivity contribution in [3.05, 3.63) is 58.4 Å². The van der Waals surface area contributed by atoms with Gasteiger partial charge < -0.3 is 20.9 Å². The predicted molar refractivity (Wildman–Crippen MR) is 103 cm³/mol. The molecule has 142 valence electrons. The first kappa shape index (κ1) is 19.2. The molecule has 0 aliphatic heterocycles. The van der Waals surface area contributed by atoms with Crippen LogP contribution in [0.15, 0.2) is 36.4 Å². The van der Waals surface area contributed by atoms with Gasteiger partial charge in [0.05, 0.1) is 17.8 Å². The van der Waals surface area contributed by atoms with Crippen molar-refractivity contribution < 1.29 is 13.9 Å². The molecule has 0 saturated heterocycles. The van der Waals surface area contributed by atoms with Gasteiger partial charge in [0, 0.05) is 11.1 Å². The van der Waals surface area contributed by atoms with Crippen molar-refractivity contribution in [1.29, 1.82) is 5.26 Å². The minimum absolute atomic E-state index is 0.00440. The molecule has 3 rings (SSSR count). The van der Waals surface area contributed by atoms with Crippen LogP contribution in [0.25, 0.3) is 11.3 Å². The summed E-state index contributed by atoms with van der Waals surface area (Å²) in [6.07, 6.45) is 0. The molecule has 0 atom stereocenters. The van der Waals surface area contributed by atoms with Gasteiger partial charge in [-0.1, -0.05) is 17.7 Å². The summed E-state index contributed by atoms with van der Waals surface area (Å²) in [5.74, 6) is 0.356. The van der Waals surface area contributed by atoms with E-state index in [1.165, 1.54) is 19.2 Å². The fraction of sp³-hybridized carbons (Fsp3) is 0.105. The molecule has 0 aliphatic rings. The molecule has 7 nitrogen and oxygen atoms in total. The van der Waals surface area contributed by atoms with Gasteiger partial charge in [-0.05, 0) is 30.3 Å². The molecule has 0 amide bonds. The van der Waals surface area contributed by atoms with Crippen LogP contribution < -0.4 is 20.9 Å². The summed E-state index contributed by atoms with van der Waals surface area (Å²) in [4.78, 5) is 7.90. The van der Waals surface area contributed by atoms with E-state index in [0.717, 1.165) is 0 Å². The van der Waals surface area contributed by atoms with E-state index in [2.05, 4.69) is 9.97 Å². The summed E-state index contributed by atoms with van der Waals surface area (Å²) in [5.41, 5.74) is 13.0. The number of hydrogen-bond donors (Lipinski definition) is 2. The number of anilines is 2. The average Bonchev–Trinajstić information content (AvgIpc) is 2.66. The lowest BCUT2D eigenvalue weighted by Gasteiger charge is -2.13. The fourth-order valence-corrected chi connectivity index (χ4v) is 2.77. The Labute approximate surface area is 165 Å². The molecule has 1 aromatic heterocycles. The zero-order valence-electron chi connectivity index (χ0n) is 14.7. The second-order valence-corrected chi connectivity index (χ2v) is 6.10. The fourth-order valence-electron chi connectivity index (χ4n) is 2.54. The minimum atomic E-state index is -0.424. The monoisotopic (exact) mass is 399 g/mol. The van der Waals surface area contributed by atoms with Gasteiger partial charge in [0.25, 0.3) is 0 Å². The second kappa shape index (κ2) is 7.98. The van der Waals surface area contributed by atoms with E-state index in [-0.39, 0.29) is 29.0 Å².